The average Bonchev–Trinajstić information content (AvgIpc) is 2.71. The Bertz CT molecular complexity index is 1060. The molecule has 0 spiro atoms. The van der Waals surface area contributed by atoms with Crippen LogP contribution < -0.4 is 5.73 Å². The van der Waals surface area contributed by atoms with E-state index in [1.165, 1.54) is 27.5 Å². The maximum absolute atomic E-state index is 12.0. The molecule has 0 saturated carbocycles. The van der Waals surface area contributed by atoms with Crippen molar-refractivity contribution in [3.63, 3.8) is 0 Å². The quantitative estimate of drug-likeness (QED) is 0.551. The highest BCUT2D eigenvalue weighted by Gasteiger charge is 2.46. The topological polar surface area (TPSA) is 52.3 Å². The van der Waals surface area contributed by atoms with Crippen molar-refractivity contribution in [3.8, 4) is 0 Å². The first-order chi connectivity index (χ1) is 14.3. The largest absolute Gasteiger partial charge is 0.445 e. The van der Waals surface area contributed by atoms with Gasteiger partial charge in [0, 0.05) is 11.8 Å². The van der Waals surface area contributed by atoms with Crippen molar-refractivity contribution in [1.82, 2.24) is 0 Å². The van der Waals surface area contributed by atoms with Crippen molar-refractivity contribution in [2.45, 2.75) is 52.1 Å². The number of primary amides is 1. The van der Waals surface area contributed by atoms with E-state index in [1.807, 2.05) is 0 Å². The zero-order chi connectivity index (χ0) is 21.5. The minimum absolute atomic E-state index is 0.0234. The Labute approximate surface area is 179 Å². The van der Waals surface area contributed by atoms with Gasteiger partial charge in [0.1, 0.15) is 6.10 Å². The van der Waals surface area contributed by atoms with E-state index < -0.39 is 6.09 Å². The van der Waals surface area contributed by atoms with Crippen molar-refractivity contribution in [3.05, 3.63) is 83.4 Å². The van der Waals surface area contributed by atoms with Gasteiger partial charge in [-0.15, -0.1) is 0 Å². The summed E-state index contributed by atoms with van der Waals surface area (Å²) in [4.78, 5) is 12.0. The van der Waals surface area contributed by atoms with E-state index in [9.17, 15) is 4.79 Å². The standard InChI is InChI=1S/C27H31NO2/c1-17(20-15-9-12-18-10-5-7-13-21(18)20)24-22-14-8-6-11-19(22)16-23(27(2,3)4)25(24)30-26(28)29/h5-15,17,23-25H,16H2,1-4H3,(H2,28,29)/t17-,23?,24?,25?/m0/s1. The van der Waals surface area contributed by atoms with E-state index in [2.05, 4.69) is 94.4 Å². The van der Waals surface area contributed by atoms with Gasteiger partial charge in [-0.05, 0) is 45.2 Å². The molecular weight excluding hydrogens is 370 g/mol. The molecule has 3 nitrogen and oxygen atoms in total. The second-order valence-electron chi connectivity index (χ2n) is 9.66. The number of carbonyl (C=O) groups is 1. The van der Waals surface area contributed by atoms with E-state index in [0.29, 0.717) is 0 Å². The number of benzene rings is 3. The minimum atomic E-state index is -0.691. The Kier molecular flexibility index (Phi) is 5.31. The van der Waals surface area contributed by atoms with Crippen LogP contribution in [0, 0.1) is 11.3 Å². The number of hydrogen-bond donors (Lipinski definition) is 1. The van der Waals surface area contributed by atoms with Gasteiger partial charge >= 0.3 is 6.09 Å². The van der Waals surface area contributed by atoms with Gasteiger partial charge in [0.15, 0.2) is 0 Å². The molecule has 1 aliphatic carbocycles. The Morgan fingerprint density at radius 2 is 1.67 bits per heavy atom. The third-order valence-electron chi connectivity index (χ3n) is 6.82. The van der Waals surface area contributed by atoms with Crippen LogP contribution >= 0.6 is 0 Å². The first kappa shape index (κ1) is 20.5. The normalized spacial score (nSPS) is 22.3. The van der Waals surface area contributed by atoms with Gasteiger partial charge in [0.2, 0.25) is 0 Å². The molecule has 1 aliphatic rings. The molecule has 3 unspecified atom stereocenters. The van der Waals surface area contributed by atoms with E-state index in [1.54, 1.807) is 0 Å². The first-order valence-corrected chi connectivity index (χ1v) is 10.8. The molecule has 0 radical (unpaired) electrons. The number of rotatable bonds is 3. The van der Waals surface area contributed by atoms with Gasteiger partial charge in [-0.3, -0.25) is 0 Å². The summed E-state index contributed by atoms with van der Waals surface area (Å²) in [6, 6.07) is 23.6. The average molecular weight is 402 g/mol. The Balaban J connectivity index is 1.90. The van der Waals surface area contributed by atoms with Crippen molar-refractivity contribution >= 4 is 16.9 Å². The molecule has 0 saturated heterocycles. The van der Waals surface area contributed by atoms with Crippen molar-refractivity contribution in [2.24, 2.45) is 17.1 Å². The van der Waals surface area contributed by atoms with Crippen LogP contribution in [0.25, 0.3) is 10.8 Å². The fraction of sp³-hybridized carbons (Fsp3) is 0.370. The highest BCUT2D eigenvalue weighted by molar-refractivity contribution is 5.86. The number of ether oxygens (including phenoxy) is 1. The monoisotopic (exact) mass is 401 g/mol. The van der Waals surface area contributed by atoms with Crippen LogP contribution in [0.5, 0.6) is 0 Å². The van der Waals surface area contributed by atoms with Crippen LogP contribution in [0.1, 0.15) is 56.2 Å². The van der Waals surface area contributed by atoms with E-state index in [-0.39, 0.29) is 29.3 Å². The molecule has 0 aliphatic heterocycles. The van der Waals surface area contributed by atoms with Crippen LogP contribution in [0.3, 0.4) is 0 Å². The first-order valence-electron chi connectivity index (χ1n) is 10.8. The Morgan fingerprint density at radius 1 is 1.00 bits per heavy atom. The molecule has 0 fully saturated rings. The van der Waals surface area contributed by atoms with Crippen molar-refractivity contribution < 1.29 is 9.53 Å². The van der Waals surface area contributed by atoms with Crippen LogP contribution in [0.15, 0.2) is 66.7 Å². The lowest BCUT2D eigenvalue weighted by molar-refractivity contribution is -0.00419. The maximum atomic E-state index is 12.0. The third-order valence-corrected chi connectivity index (χ3v) is 6.82. The van der Waals surface area contributed by atoms with Gasteiger partial charge < -0.3 is 10.5 Å². The molecule has 0 aromatic heterocycles. The van der Waals surface area contributed by atoms with Gasteiger partial charge in [-0.2, -0.15) is 0 Å². The van der Waals surface area contributed by atoms with Gasteiger partial charge in [0.25, 0.3) is 0 Å². The highest BCUT2D eigenvalue weighted by Crippen LogP contribution is 2.50. The lowest BCUT2D eigenvalue weighted by atomic mass is 9.61. The lowest BCUT2D eigenvalue weighted by Crippen LogP contribution is -2.46. The van der Waals surface area contributed by atoms with Crippen LogP contribution in [-0.2, 0) is 11.2 Å². The summed E-state index contributed by atoms with van der Waals surface area (Å²) in [5, 5.41) is 2.48. The molecule has 156 valence electrons. The molecule has 30 heavy (non-hydrogen) atoms. The lowest BCUT2D eigenvalue weighted by Gasteiger charge is -2.46. The summed E-state index contributed by atoms with van der Waals surface area (Å²) in [6.07, 6.45) is -0.0776. The molecular formula is C27H31NO2. The molecule has 0 heterocycles. The van der Waals surface area contributed by atoms with Gasteiger partial charge in [-0.1, -0.05) is 94.4 Å². The third kappa shape index (κ3) is 3.69. The number of carbonyl (C=O) groups excluding carboxylic acids is 1. The van der Waals surface area contributed by atoms with E-state index in [4.69, 9.17) is 10.5 Å². The zero-order valence-corrected chi connectivity index (χ0v) is 18.3. The highest BCUT2D eigenvalue weighted by atomic mass is 16.6. The second-order valence-corrected chi connectivity index (χ2v) is 9.66. The molecule has 3 aromatic rings. The minimum Gasteiger partial charge on any atom is -0.445 e. The number of fused-ring (bicyclic) bond motifs is 2. The SMILES string of the molecule is C[C@@H](c1cccc2ccccc12)C1c2ccccc2CC(C(C)(C)C)C1OC(N)=O. The molecule has 4 rings (SSSR count). The second kappa shape index (κ2) is 7.79. The molecule has 1 amide bonds. The van der Waals surface area contributed by atoms with Crippen LogP contribution in [-0.4, -0.2) is 12.2 Å². The molecule has 3 aromatic carbocycles. The Morgan fingerprint density at radius 3 is 2.40 bits per heavy atom. The fourth-order valence-electron chi connectivity index (χ4n) is 5.31. The van der Waals surface area contributed by atoms with Crippen LogP contribution in [0.4, 0.5) is 4.79 Å². The number of nitrogens with two attached hydrogens (primary N) is 1. The summed E-state index contributed by atoms with van der Waals surface area (Å²) in [5.74, 6) is 0.381. The maximum Gasteiger partial charge on any atom is 0.404 e. The summed E-state index contributed by atoms with van der Waals surface area (Å²) >= 11 is 0. The predicted octanol–water partition coefficient (Wildman–Crippen LogP) is 6.41. The molecule has 0 bridgehead atoms. The molecule has 4 atom stereocenters. The Hall–Kier alpha value is -2.81. The predicted molar refractivity (Wildman–Crippen MR) is 123 cm³/mol. The molecule has 2 N–H and O–H groups in total. The molecule has 3 heteroatoms. The van der Waals surface area contributed by atoms with E-state index >= 15 is 0 Å². The van der Waals surface area contributed by atoms with E-state index in [0.717, 1.165) is 6.42 Å². The zero-order valence-electron chi connectivity index (χ0n) is 18.3. The smallest absolute Gasteiger partial charge is 0.404 e. The summed E-state index contributed by atoms with van der Waals surface area (Å²) in [7, 11) is 0. The van der Waals surface area contributed by atoms with Gasteiger partial charge in [-0.25, -0.2) is 4.79 Å². The summed E-state index contributed by atoms with van der Waals surface area (Å²) in [5.41, 5.74) is 9.45. The van der Waals surface area contributed by atoms with Crippen molar-refractivity contribution in [1.29, 1.82) is 0 Å². The van der Waals surface area contributed by atoms with Gasteiger partial charge in [0.05, 0.1) is 0 Å². The number of amides is 1. The summed E-state index contributed by atoms with van der Waals surface area (Å²) in [6.45, 7) is 8.93. The number of hydrogen-bond acceptors (Lipinski definition) is 2. The fourth-order valence-corrected chi connectivity index (χ4v) is 5.31. The van der Waals surface area contributed by atoms with Crippen molar-refractivity contribution in [2.75, 3.05) is 0 Å². The van der Waals surface area contributed by atoms with Crippen LogP contribution in [0.2, 0.25) is 0 Å². The summed E-state index contributed by atoms with van der Waals surface area (Å²) < 4.78 is 5.89.